The van der Waals surface area contributed by atoms with Crippen LogP contribution >= 0.6 is 34.8 Å². The lowest BCUT2D eigenvalue weighted by atomic mass is 10.0. The molecule has 0 saturated heterocycles. The van der Waals surface area contributed by atoms with Gasteiger partial charge in [-0.1, -0.05) is 34.8 Å². The van der Waals surface area contributed by atoms with Gasteiger partial charge in [0, 0.05) is 30.6 Å². The number of carbonyl (C=O) groups excluding carboxylic acids is 2. The van der Waals surface area contributed by atoms with Crippen LogP contribution in [0.1, 0.15) is 44.4 Å². The van der Waals surface area contributed by atoms with Crippen molar-refractivity contribution in [1.82, 2.24) is 25.0 Å². The Bertz CT molecular complexity index is 1120. The van der Waals surface area contributed by atoms with Gasteiger partial charge in [-0.15, -0.1) is 10.2 Å². The van der Waals surface area contributed by atoms with Crippen LogP contribution in [-0.4, -0.2) is 49.9 Å². The van der Waals surface area contributed by atoms with Gasteiger partial charge in [0.25, 0.3) is 0 Å². The van der Waals surface area contributed by atoms with Crippen molar-refractivity contribution in [2.24, 2.45) is 0 Å². The van der Waals surface area contributed by atoms with Crippen LogP contribution in [0.4, 0.5) is 18.0 Å². The number of nitrogens with zero attached hydrogens (tertiary/aromatic N) is 4. The summed E-state index contributed by atoms with van der Waals surface area (Å²) < 4.78 is 45.5. The predicted molar refractivity (Wildman–Crippen MR) is 123 cm³/mol. The second-order valence-corrected chi connectivity index (χ2v) is 10.2. The number of hydrogen-bond acceptors (Lipinski definition) is 5. The number of carbonyl (C=O) groups is 2. The van der Waals surface area contributed by atoms with E-state index in [4.69, 9.17) is 39.5 Å². The van der Waals surface area contributed by atoms with Crippen LogP contribution in [-0.2, 0) is 35.2 Å². The number of alkyl halides is 3. The van der Waals surface area contributed by atoms with Crippen molar-refractivity contribution in [2.45, 2.75) is 64.5 Å². The Morgan fingerprint density at radius 2 is 1.74 bits per heavy atom. The van der Waals surface area contributed by atoms with E-state index >= 15 is 0 Å². The van der Waals surface area contributed by atoms with Gasteiger partial charge in [-0.25, -0.2) is 4.79 Å². The zero-order valence-electron chi connectivity index (χ0n) is 19.0. The average molecular weight is 557 g/mol. The Hall–Kier alpha value is -2.24. The van der Waals surface area contributed by atoms with E-state index in [1.165, 1.54) is 11.0 Å². The normalized spacial score (nSPS) is 14.9. The number of amides is 2. The SMILES string of the molecule is CC(C)(C)OC(=O)N[C@@H](CC(=O)N1CCn2c(nnc2C(F)(F)F)C1)Cc1cc(Cl)c(Cl)cc1Cl. The highest BCUT2D eigenvalue weighted by atomic mass is 35.5. The van der Waals surface area contributed by atoms with E-state index < -0.39 is 35.6 Å². The van der Waals surface area contributed by atoms with Gasteiger partial charge in [-0.2, -0.15) is 13.2 Å². The molecule has 3 rings (SSSR count). The summed E-state index contributed by atoms with van der Waals surface area (Å²) in [6.07, 6.45) is -5.42. The fourth-order valence-electron chi connectivity index (χ4n) is 3.55. The molecule has 0 spiro atoms. The number of nitrogens with one attached hydrogen (secondary N) is 1. The molecule has 1 aromatic carbocycles. The summed E-state index contributed by atoms with van der Waals surface area (Å²) >= 11 is 18.4. The van der Waals surface area contributed by atoms with Gasteiger partial charge in [0.15, 0.2) is 5.82 Å². The smallest absolute Gasteiger partial charge is 0.444 e. The summed E-state index contributed by atoms with van der Waals surface area (Å²) in [4.78, 5) is 26.8. The molecular formula is C21H23Cl3F3N5O3. The van der Waals surface area contributed by atoms with Crippen LogP contribution in [0.3, 0.4) is 0 Å². The van der Waals surface area contributed by atoms with Crippen molar-refractivity contribution in [1.29, 1.82) is 0 Å². The van der Waals surface area contributed by atoms with Gasteiger partial charge in [0.1, 0.15) is 5.60 Å². The van der Waals surface area contributed by atoms with Crippen LogP contribution in [0.25, 0.3) is 0 Å². The second kappa shape index (κ2) is 10.4. The monoisotopic (exact) mass is 555 g/mol. The molecule has 2 aromatic rings. The summed E-state index contributed by atoms with van der Waals surface area (Å²) in [6.45, 7) is 4.87. The van der Waals surface area contributed by atoms with Crippen LogP contribution in [0.5, 0.6) is 0 Å². The number of aromatic nitrogens is 3. The van der Waals surface area contributed by atoms with E-state index in [-0.39, 0.29) is 48.3 Å². The van der Waals surface area contributed by atoms with Crippen LogP contribution in [0.2, 0.25) is 15.1 Å². The molecule has 2 heterocycles. The minimum atomic E-state index is -4.64. The number of benzene rings is 1. The first-order chi connectivity index (χ1) is 16.1. The first kappa shape index (κ1) is 27.3. The van der Waals surface area contributed by atoms with Crippen LogP contribution in [0, 0.1) is 0 Å². The number of rotatable bonds is 5. The lowest BCUT2D eigenvalue weighted by molar-refractivity contribution is -0.148. The van der Waals surface area contributed by atoms with Crippen LogP contribution in [0.15, 0.2) is 12.1 Å². The van der Waals surface area contributed by atoms with Crippen LogP contribution < -0.4 is 5.32 Å². The highest BCUT2D eigenvalue weighted by Gasteiger charge is 2.40. The predicted octanol–water partition coefficient (Wildman–Crippen LogP) is 5.13. The highest BCUT2D eigenvalue weighted by molar-refractivity contribution is 6.43. The maximum absolute atomic E-state index is 13.1. The third-order valence-corrected chi connectivity index (χ3v) is 6.13. The molecule has 1 aliphatic rings. The minimum Gasteiger partial charge on any atom is -0.444 e. The Morgan fingerprint density at radius 1 is 1.09 bits per heavy atom. The number of halogens is 6. The maximum atomic E-state index is 13.1. The Balaban J connectivity index is 1.76. The van der Waals surface area contributed by atoms with Crippen molar-refractivity contribution in [2.75, 3.05) is 6.54 Å². The zero-order chi connectivity index (χ0) is 26.1. The van der Waals surface area contributed by atoms with E-state index in [9.17, 15) is 22.8 Å². The third kappa shape index (κ3) is 7.14. The van der Waals surface area contributed by atoms with Crippen molar-refractivity contribution in [3.63, 3.8) is 0 Å². The number of hydrogen-bond donors (Lipinski definition) is 1. The molecule has 0 unspecified atom stereocenters. The van der Waals surface area contributed by atoms with Gasteiger partial charge in [0.2, 0.25) is 11.7 Å². The molecule has 192 valence electrons. The van der Waals surface area contributed by atoms with Crippen molar-refractivity contribution in [3.8, 4) is 0 Å². The topological polar surface area (TPSA) is 89.4 Å². The zero-order valence-corrected chi connectivity index (χ0v) is 21.3. The molecule has 0 bridgehead atoms. The largest absolute Gasteiger partial charge is 0.451 e. The summed E-state index contributed by atoms with van der Waals surface area (Å²) in [5, 5.41) is 10.3. The molecule has 0 aliphatic carbocycles. The minimum absolute atomic E-state index is 0.0274. The van der Waals surface area contributed by atoms with E-state index in [1.807, 2.05) is 0 Å². The molecule has 14 heteroatoms. The Morgan fingerprint density at radius 3 is 2.37 bits per heavy atom. The number of fused-ring (bicyclic) bond motifs is 1. The third-order valence-electron chi connectivity index (χ3n) is 5.06. The maximum Gasteiger partial charge on any atom is 0.451 e. The molecule has 1 aliphatic heterocycles. The summed E-state index contributed by atoms with van der Waals surface area (Å²) in [5.41, 5.74) is -0.226. The second-order valence-electron chi connectivity index (χ2n) is 9.01. The molecule has 8 nitrogen and oxygen atoms in total. The molecule has 0 fully saturated rings. The van der Waals surface area contributed by atoms with E-state index in [0.29, 0.717) is 10.6 Å². The summed E-state index contributed by atoms with van der Waals surface area (Å²) in [5.74, 6) is -1.47. The van der Waals surface area contributed by atoms with Gasteiger partial charge < -0.3 is 19.5 Å². The molecule has 0 saturated carbocycles. The molecule has 1 N–H and O–H groups in total. The first-order valence-corrected chi connectivity index (χ1v) is 11.7. The van der Waals surface area contributed by atoms with Gasteiger partial charge in [-0.3, -0.25) is 4.79 Å². The molecule has 35 heavy (non-hydrogen) atoms. The molecule has 1 atom stereocenters. The molecule has 0 radical (unpaired) electrons. The quantitative estimate of drug-likeness (QED) is 0.516. The summed E-state index contributed by atoms with van der Waals surface area (Å²) in [6, 6.07) is 2.25. The number of alkyl carbamates (subject to hydrolysis) is 1. The standard InChI is InChI=1S/C21H23Cl3F3N5O3/c1-20(2,3)35-19(34)28-12(6-11-7-14(23)15(24)9-13(11)22)8-17(33)31-4-5-32-16(10-31)29-30-18(32)21(25,26)27/h7,9,12H,4-6,8,10H2,1-3H3,(H,28,34)/t12-/m1/s1. The molecule has 1 aromatic heterocycles. The fourth-order valence-corrected chi connectivity index (χ4v) is 4.20. The fraction of sp³-hybridized carbons (Fsp3) is 0.524. The average Bonchev–Trinajstić information content (AvgIpc) is 3.14. The van der Waals surface area contributed by atoms with E-state index in [0.717, 1.165) is 4.57 Å². The Kier molecular flexibility index (Phi) is 8.12. The van der Waals surface area contributed by atoms with Gasteiger partial charge in [-0.05, 0) is 44.9 Å². The van der Waals surface area contributed by atoms with E-state index in [1.54, 1.807) is 26.8 Å². The van der Waals surface area contributed by atoms with Gasteiger partial charge in [0.05, 0.1) is 16.6 Å². The first-order valence-electron chi connectivity index (χ1n) is 10.5. The van der Waals surface area contributed by atoms with E-state index in [2.05, 4.69) is 15.5 Å². The van der Waals surface area contributed by atoms with Crippen molar-refractivity contribution >= 4 is 46.8 Å². The highest BCUT2D eigenvalue weighted by Crippen LogP contribution is 2.31. The van der Waals surface area contributed by atoms with Crippen molar-refractivity contribution in [3.05, 3.63) is 44.4 Å². The van der Waals surface area contributed by atoms with Gasteiger partial charge >= 0.3 is 12.3 Å². The summed E-state index contributed by atoms with van der Waals surface area (Å²) in [7, 11) is 0. The Labute approximate surface area is 214 Å². The number of ether oxygens (including phenoxy) is 1. The lowest BCUT2D eigenvalue weighted by Gasteiger charge is -2.30. The molecule has 2 amide bonds. The van der Waals surface area contributed by atoms with Crippen molar-refractivity contribution < 1.29 is 27.5 Å². The lowest BCUT2D eigenvalue weighted by Crippen LogP contribution is -2.45. The molecular weight excluding hydrogens is 534 g/mol.